The van der Waals surface area contributed by atoms with Gasteiger partial charge in [-0.15, -0.1) is 0 Å². The van der Waals surface area contributed by atoms with Gasteiger partial charge in [-0.1, -0.05) is 195 Å². The fourth-order valence-electron chi connectivity index (χ4n) is 7.32. The molecule has 0 aliphatic carbocycles. The third kappa shape index (κ3) is 8.69. The lowest BCUT2D eigenvalue weighted by Crippen LogP contribution is -2.67. The Morgan fingerprint density at radius 2 is 0.981 bits per heavy atom. The molecule has 4 atom stereocenters. The second-order valence-corrected chi connectivity index (χ2v) is 19.4. The van der Waals surface area contributed by atoms with Crippen LogP contribution < -0.4 is 10.4 Å². The molecular formula is C44H48INO5Si. The molecule has 1 aliphatic heterocycles. The predicted octanol–water partition coefficient (Wildman–Crippen LogP) is 8.56. The molecule has 1 amide bonds. The van der Waals surface area contributed by atoms with Crippen LogP contribution in [0.4, 0.5) is 4.79 Å². The first-order chi connectivity index (χ1) is 25.3. The Kier molecular flexibility index (Phi) is 13.0. The van der Waals surface area contributed by atoms with Crippen molar-refractivity contribution in [3.05, 3.63) is 168 Å². The molecule has 52 heavy (non-hydrogen) atoms. The number of carbonyl (C=O) groups is 1. The van der Waals surface area contributed by atoms with E-state index < -0.39 is 32.7 Å². The standard InChI is InChI=1S/C44H48INO5Si/c1-44(2,3)52(37-25-15-7-16-26-37,38-27-17-8-18-28-38)51-33-40-42(49-31-35-21-11-5-12-22-35)41(48-30-34-19-9-4-10-20-34)39(29-45)46(40)43(47)50-32-36-23-13-6-14-24-36/h4-28,39-42H,29-33H2,1-3H3/t39-,40+,41-,42+/m1/s1. The molecule has 1 saturated heterocycles. The maximum atomic E-state index is 14.4. The third-order valence-corrected chi connectivity index (χ3v) is 15.7. The summed E-state index contributed by atoms with van der Waals surface area (Å²) in [6, 6.07) is 50.5. The van der Waals surface area contributed by atoms with Crippen LogP contribution in [0.3, 0.4) is 0 Å². The topological polar surface area (TPSA) is 57.2 Å². The van der Waals surface area contributed by atoms with Crippen molar-refractivity contribution in [1.82, 2.24) is 4.90 Å². The van der Waals surface area contributed by atoms with Crippen molar-refractivity contribution in [3.8, 4) is 0 Å². The number of rotatable bonds is 14. The van der Waals surface area contributed by atoms with Crippen molar-refractivity contribution >= 4 is 47.4 Å². The maximum absolute atomic E-state index is 14.4. The van der Waals surface area contributed by atoms with Gasteiger partial charge in [-0.2, -0.15) is 0 Å². The highest BCUT2D eigenvalue weighted by Gasteiger charge is 2.56. The van der Waals surface area contributed by atoms with Gasteiger partial charge in [-0.25, -0.2) is 4.79 Å². The first-order valence-electron chi connectivity index (χ1n) is 17.9. The molecule has 0 N–H and O–H groups in total. The van der Waals surface area contributed by atoms with Crippen LogP contribution in [0.15, 0.2) is 152 Å². The van der Waals surface area contributed by atoms with Crippen molar-refractivity contribution in [1.29, 1.82) is 0 Å². The summed E-state index contributed by atoms with van der Waals surface area (Å²) in [4.78, 5) is 16.3. The summed E-state index contributed by atoms with van der Waals surface area (Å²) in [5.74, 6) is 0. The van der Waals surface area contributed by atoms with Gasteiger partial charge in [0.25, 0.3) is 8.32 Å². The van der Waals surface area contributed by atoms with E-state index in [1.165, 1.54) is 10.4 Å². The first kappa shape index (κ1) is 37.9. The van der Waals surface area contributed by atoms with Gasteiger partial charge in [-0.3, -0.25) is 4.90 Å². The average molecular weight is 826 g/mol. The minimum absolute atomic E-state index is 0.164. The van der Waals surface area contributed by atoms with Gasteiger partial charge in [0.1, 0.15) is 18.8 Å². The van der Waals surface area contributed by atoms with Crippen molar-refractivity contribution < 1.29 is 23.4 Å². The number of benzene rings is 5. The summed E-state index contributed by atoms with van der Waals surface area (Å²) in [5, 5.41) is 2.10. The summed E-state index contributed by atoms with van der Waals surface area (Å²) < 4.78 is 28.0. The van der Waals surface area contributed by atoms with E-state index >= 15 is 0 Å². The number of ether oxygens (including phenoxy) is 3. The molecule has 0 bridgehead atoms. The third-order valence-electron chi connectivity index (χ3n) is 9.83. The fraction of sp³-hybridized carbons (Fsp3) is 0.295. The molecule has 6 rings (SSSR count). The molecule has 1 heterocycles. The Morgan fingerprint density at radius 3 is 1.38 bits per heavy atom. The monoisotopic (exact) mass is 825 g/mol. The van der Waals surface area contributed by atoms with E-state index in [1.54, 1.807) is 0 Å². The van der Waals surface area contributed by atoms with E-state index in [0.29, 0.717) is 17.6 Å². The highest BCUT2D eigenvalue weighted by Crippen LogP contribution is 2.39. The van der Waals surface area contributed by atoms with Crippen molar-refractivity contribution in [2.75, 3.05) is 11.0 Å². The second-order valence-electron chi connectivity index (χ2n) is 14.2. The number of hydrogen-bond acceptors (Lipinski definition) is 5. The van der Waals surface area contributed by atoms with Crippen LogP contribution in [0.5, 0.6) is 0 Å². The van der Waals surface area contributed by atoms with Gasteiger partial charge in [0, 0.05) is 4.43 Å². The molecule has 5 aromatic carbocycles. The van der Waals surface area contributed by atoms with E-state index in [2.05, 4.69) is 116 Å². The van der Waals surface area contributed by atoms with Gasteiger partial charge in [0.05, 0.1) is 31.9 Å². The Morgan fingerprint density at radius 1 is 0.596 bits per heavy atom. The van der Waals surface area contributed by atoms with E-state index in [4.69, 9.17) is 18.6 Å². The Balaban J connectivity index is 1.41. The number of amides is 1. The summed E-state index contributed by atoms with van der Waals surface area (Å²) in [5.41, 5.74) is 3.03. The minimum atomic E-state index is -2.97. The van der Waals surface area contributed by atoms with Crippen molar-refractivity contribution in [3.63, 3.8) is 0 Å². The van der Waals surface area contributed by atoms with Gasteiger partial charge >= 0.3 is 6.09 Å². The number of nitrogens with zero attached hydrogens (tertiary/aromatic N) is 1. The summed E-state index contributed by atoms with van der Waals surface area (Å²) in [6.45, 7) is 7.96. The zero-order chi connectivity index (χ0) is 36.4. The summed E-state index contributed by atoms with van der Waals surface area (Å²) >= 11 is 2.37. The highest BCUT2D eigenvalue weighted by molar-refractivity contribution is 14.1. The molecule has 0 unspecified atom stereocenters. The summed E-state index contributed by atoms with van der Waals surface area (Å²) in [6.07, 6.45) is -1.33. The molecule has 0 saturated carbocycles. The summed E-state index contributed by atoms with van der Waals surface area (Å²) in [7, 11) is -2.97. The normalized spacial score (nSPS) is 19.0. The highest BCUT2D eigenvalue weighted by atomic mass is 127. The van der Waals surface area contributed by atoms with Gasteiger partial charge in [0.2, 0.25) is 0 Å². The van der Waals surface area contributed by atoms with Crippen LogP contribution in [0.2, 0.25) is 5.04 Å². The van der Waals surface area contributed by atoms with E-state index in [9.17, 15) is 4.79 Å². The lowest BCUT2D eigenvalue weighted by molar-refractivity contribution is -0.0802. The number of likely N-dealkylation sites (tertiary alicyclic amines) is 1. The molecular weight excluding hydrogens is 777 g/mol. The number of halogens is 1. The first-order valence-corrected chi connectivity index (χ1v) is 21.4. The zero-order valence-electron chi connectivity index (χ0n) is 30.1. The molecule has 0 aromatic heterocycles. The van der Waals surface area contributed by atoms with Gasteiger partial charge in [-0.05, 0) is 32.1 Å². The van der Waals surface area contributed by atoms with E-state index in [1.807, 2.05) is 83.8 Å². The second kappa shape index (κ2) is 17.8. The molecule has 5 aromatic rings. The maximum Gasteiger partial charge on any atom is 0.410 e. The number of alkyl halides is 1. The van der Waals surface area contributed by atoms with Crippen molar-refractivity contribution in [2.24, 2.45) is 0 Å². The van der Waals surface area contributed by atoms with Crippen LogP contribution in [0.1, 0.15) is 37.5 Å². The SMILES string of the molecule is CC(C)(C)[Si](OC[C@H]1[C@H](OCc2ccccc2)[C@H](OCc2ccccc2)[C@@H](CI)N1C(=O)OCc1ccccc1)(c1ccccc1)c1ccccc1. The predicted molar refractivity (Wildman–Crippen MR) is 219 cm³/mol. The van der Waals surface area contributed by atoms with Gasteiger partial charge < -0.3 is 18.6 Å². The van der Waals surface area contributed by atoms with Crippen molar-refractivity contribution in [2.45, 2.75) is 69.9 Å². The minimum Gasteiger partial charge on any atom is -0.445 e. The van der Waals surface area contributed by atoms with Crippen LogP contribution in [0, 0.1) is 0 Å². The lowest BCUT2D eigenvalue weighted by atomic mass is 10.1. The largest absolute Gasteiger partial charge is 0.445 e. The quantitative estimate of drug-likeness (QED) is 0.0639. The Hall–Kier alpha value is -3.80. The molecule has 8 heteroatoms. The van der Waals surface area contributed by atoms with Crippen LogP contribution in [-0.2, 0) is 38.5 Å². The van der Waals surface area contributed by atoms with Crippen LogP contribution >= 0.6 is 22.6 Å². The average Bonchev–Trinajstić information content (AvgIpc) is 3.49. The smallest absolute Gasteiger partial charge is 0.410 e. The molecule has 1 aliphatic rings. The van der Waals surface area contributed by atoms with Crippen LogP contribution in [0.25, 0.3) is 0 Å². The van der Waals surface area contributed by atoms with Gasteiger partial charge in [0.15, 0.2) is 0 Å². The Bertz CT molecular complexity index is 1770. The number of hydrogen-bond donors (Lipinski definition) is 0. The fourth-order valence-corrected chi connectivity index (χ4v) is 12.8. The molecule has 270 valence electrons. The number of carbonyl (C=O) groups excluding carboxylic acids is 1. The van der Waals surface area contributed by atoms with Crippen LogP contribution in [-0.4, -0.2) is 54.6 Å². The van der Waals surface area contributed by atoms with E-state index in [-0.39, 0.29) is 24.3 Å². The molecule has 1 fully saturated rings. The molecule has 0 spiro atoms. The lowest BCUT2D eigenvalue weighted by Gasteiger charge is -2.44. The Labute approximate surface area is 323 Å². The molecule has 0 radical (unpaired) electrons. The molecule has 6 nitrogen and oxygen atoms in total. The van der Waals surface area contributed by atoms with E-state index in [0.717, 1.165) is 16.7 Å². The zero-order valence-corrected chi connectivity index (χ0v) is 33.3.